The third kappa shape index (κ3) is 2.55. The van der Waals surface area contributed by atoms with Gasteiger partial charge < -0.3 is 4.74 Å². The van der Waals surface area contributed by atoms with E-state index < -0.39 is 15.6 Å². The number of benzene rings is 1. The molecule has 0 unspecified atom stereocenters. The number of methoxy groups -OCH3 is 1. The highest BCUT2D eigenvalue weighted by Crippen LogP contribution is 2.32. The highest BCUT2D eigenvalue weighted by molar-refractivity contribution is 7.89. The third-order valence-electron chi connectivity index (χ3n) is 3.51. The molecule has 0 amide bonds. The first kappa shape index (κ1) is 16.1. The van der Waals surface area contributed by atoms with Crippen LogP contribution in [0.2, 0.25) is 0 Å². The summed E-state index contributed by atoms with van der Waals surface area (Å²) in [5.41, 5.74) is 0.805. The molecule has 2 heterocycles. The summed E-state index contributed by atoms with van der Waals surface area (Å²) in [7, 11) is 0.773. The molecule has 1 aromatic carbocycles. The number of imidazole rings is 1. The molecule has 0 saturated carbocycles. The monoisotopic (exact) mass is 349 g/mol. The van der Waals surface area contributed by atoms with E-state index >= 15 is 0 Å². The number of ether oxygens (including phenoxy) is 1. The largest absolute Gasteiger partial charge is 0.496 e. The van der Waals surface area contributed by atoms with E-state index in [0.717, 1.165) is 4.31 Å². The fourth-order valence-corrected chi connectivity index (χ4v) is 3.15. The van der Waals surface area contributed by atoms with Crippen LogP contribution in [-0.4, -0.2) is 53.5 Å². The molecular weight excluding hydrogens is 334 g/mol. The van der Waals surface area contributed by atoms with Gasteiger partial charge in [-0.05, 0) is 12.1 Å². The molecule has 0 atom stereocenters. The van der Waals surface area contributed by atoms with Crippen molar-refractivity contribution >= 4 is 15.7 Å². The summed E-state index contributed by atoms with van der Waals surface area (Å²) in [5.74, 6) is 0.339. The smallest absolute Gasteiger partial charge is 0.307 e. The summed E-state index contributed by atoms with van der Waals surface area (Å²) in [6.45, 7) is 0. The third-order valence-corrected chi connectivity index (χ3v) is 5.32. The molecule has 0 bridgehead atoms. The number of hydrogen-bond acceptors (Lipinski definition) is 6. The molecule has 0 aliphatic heterocycles. The van der Waals surface area contributed by atoms with Gasteiger partial charge in [0.15, 0.2) is 0 Å². The van der Waals surface area contributed by atoms with E-state index in [1.807, 2.05) is 0 Å². The summed E-state index contributed by atoms with van der Waals surface area (Å²) in [4.78, 5) is 16.1. The van der Waals surface area contributed by atoms with Crippen LogP contribution in [0, 0.1) is 0 Å². The van der Waals surface area contributed by atoms with Gasteiger partial charge in [-0.2, -0.15) is 5.10 Å². The van der Waals surface area contributed by atoms with Gasteiger partial charge in [-0.25, -0.2) is 22.8 Å². The molecule has 10 heteroatoms. The standard InChI is InChI=1S/C14H15N5O4S/c1-18(2)24(21,22)9-4-5-10(12(6-9)23-3)11-7-19-8-15-17-14(20)13(19)16-11/h4-8H,1-3H3,(H,17,20). The first-order valence-electron chi connectivity index (χ1n) is 6.88. The van der Waals surface area contributed by atoms with Gasteiger partial charge in [0, 0.05) is 31.9 Å². The summed E-state index contributed by atoms with van der Waals surface area (Å²) in [6, 6.07) is 4.50. The van der Waals surface area contributed by atoms with Crippen LogP contribution >= 0.6 is 0 Å². The Balaban J connectivity index is 2.17. The van der Waals surface area contributed by atoms with E-state index in [1.165, 1.54) is 44.1 Å². The first-order valence-corrected chi connectivity index (χ1v) is 8.32. The van der Waals surface area contributed by atoms with Gasteiger partial charge in [0.1, 0.15) is 12.1 Å². The van der Waals surface area contributed by atoms with Gasteiger partial charge in [0.05, 0.1) is 17.7 Å². The second-order valence-electron chi connectivity index (χ2n) is 5.19. The maximum atomic E-state index is 12.2. The van der Waals surface area contributed by atoms with Crippen molar-refractivity contribution in [2.75, 3.05) is 21.2 Å². The predicted molar refractivity (Wildman–Crippen MR) is 86.5 cm³/mol. The predicted octanol–water partition coefficient (Wildman–Crippen LogP) is 0.343. The maximum absolute atomic E-state index is 12.2. The van der Waals surface area contributed by atoms with Crippen LogP contribution in [0.4, 0.5) is 0 Å². The number of rotatable bonds is 4. The Hall–Kier alpha value is -2.72. The minimum atomic E-state index is -3.58. The lowest BCUT2D eigenvalue weighted by atomic mass is 10.1. The van der Waals surface area contributed by atoms with Gasteiger partial charge in [0.25, 0.3) is 0 Å². The van der Waals surface area contributed by atoms with Gasteiger partial charge in [0.2, 0.25) is 15.7 Å². The Kier molecular flexibility index (Phi) is 3.85. The van der Waals surface area contributed by atoms with Crippen molar-refractivity contribution in [2.45, 2.75) is 4.90 Å². The van der Waals surface area contributed by atoms with Crippen LogP contribution < -0.4 is 10.3 Å². The number of fused-ring (bicyclic) bond motifs is 1. The molecule has 0 fully saturated rings. The van der Waals surface area contributed by atoms with Crippen molar-refractivity contribution in [3.8, 4) is 17.0 Å². The van der Waals surface area contributed by atoms with Gasteiger partial charge in [-0.1, -0.05) is 0 Å². The lowest BCUT2D eigenvalue weighted by molar-refractivity contribution is 0.414. The highest BCUT2D eigenvalue weighted by Gasteiger charge is 2.20. The molecule has 9 nitrogen and oxygen atoms in total. The zero-order chi connectivity index (χ0) is 17.5. The molecule has 0 aliphatic rings. The van der Waals surface area contributed by atoms with Crippen molar-refractivity contribution < 1.29 is 13.2 Å². The molecular formula is C14H15N5O4S. The van der Waals surface area contributed by atoms with Crippen molar-refractivity contribution in [2.24, 2.45) is 0 Å². The fourth-order valence-electron chi connectivity index (χ4n) is 2.23. The van der Waals surface area contributed by atoms with Crippen LogP contribution in [0.15, 0.2) is 40.4 Å². The van der Waals surface area contributed by atoms with E-state index in [4.69, 9.17) is 4.74 Å². The van der Waals surface area contributed by atoms with Crippen LogP contribution in [0.5, 0.6) is 5.75 Å². The summed E-state index contributed by atoms with van der Waals surface area (Å²) >= 11 is 0. The average Bonchev–Trinajstić information content (AvgIpc) is 2.99. The Morgan fingerprint density at radius 2 is 2.04 bits per heavy atom. The second kappa shape index (κ2) is 5.73. The van der Waals surface area contributed by atoms with Gasteiger partial charge in [-0.3, -0.25) is 9.20 Å². The molecule has 126 valence electrons. The van der Waals surface area contributed by atoms with Crippen LogP contribution in [0.3, 0.4) is 0 Å². The number of sulfonamides is 1. The van der Waals surface area contributed by atoms with Crippen LogP contribution in [-0.2, 0) is 10.0 Å². The molecule has 1 N–H and O–H groups in total. The topological polar surface area (TPSA) is 110 Å². The fraction of sp³-hybridized carbons (Fsp3) is 0.214. The highest BCUT2D eigenvalue weighted by atomic mass is 32.2. The lowest BCUT2D eigenvalue weighted by Crippen LogP contribution is -2.22. The zero-order valence-corrected chi connectivity index (χ0v) is 14.0. The Bertz CT molecular complexity index is 1070. The Labute approximate surface area is 137 Å². The van der Waals surface area contributed by atoms with E-state index in [0.29, 0.717) is 17.0 Å². The molecule has 0 saturated heterocycles. The van der Waals surface area contributed by atoms with Gasteiger partial charge in [-0.15, -0.1) is 0 Å². The number of hydrogen-bond donors (Lipinski definition) is 1. The SMILES string of the molecule is COc1cc(S(=O)(=O)N(C)C)ccc1-c1cn2cn[nH]c(=O)c2n1. The van der Waals surface area contributed by atoms with Crippen LogP contribution in [0.25, 0.3) is 16.9 Å². The summed E-state index contributed by atoms with van der Waals surface area (Å²) in [5, 5.41) is 6.00. The number of nitrogens with zero attached hydrogens (tertiary/aromatic N) is 4. The average molecular weight is 349 g/mol. The minimum absolute atomic E-state index is 0.108. The lowest BCUT2D eigenvalue weighted by Gasteiger charge is -2.13. The summed E-state index contributed by atoms with van der Waals surface area (Å²) in [6.07, 6.45) is 3.04. The van der Waals surface area contributed by atoms with Gasteiger partial charge >= 0.3 is 5.56 Å². The number of aromatic nitrogens is 4. The van der Waals surface area contributed by atoms with E-state index in [9.17, 15) is 13.2 Å². The van der Waals surface area contributed by atoms with Crippen molar-refractivity contribution in [3.05, 3.63) is 41.1 Å². The van der Waals surface area contributed by atoms with Crippen LogP contribution in [0.1, 0.15) is 0 Å². The Morgan fingerprint density at radius 3 is 2.67 bits per heavy atom. The maximum Gasteiger partial charge on any atom is 0.307 e. The molecule has 0 radical (unpaired) electrons. The zero-order valence-electron chi connectivity index (χ0n) is 13.2. The van der Waals surface area contributed by atoms with Crippen molar-refractivity contribution in [1.29, 1.82) is 0 Å². The summed E-state index contributed by atoms with van der Waals surface area (Å²) < 4.78 is 32.4. The molecule has 2 aromatic heterocycles. The van der Waals surface area contributed by atoms with E-state index in [-0.39, 0.29) is 10.5 Å². The van der Waals surface area contributed by atoms with Crippen molar-refractivity contribution in [1.82, 2.24) is 23.9 Å². The first-order chi connectivity index (χ1) is 11.3. The normalized spacial score (nSPS) is 12.0. The Morgan fingerprint density at radius 1 is 1.29 bits per heavy atom. The number of nitrogens with one attached hydrogen (secondary N) is 1. The number of H-pyrrole nitrogens is 1. The second-order valence-corrected chi connectivity index (χ2v) is 7.34. The molecule has 3 rings (SSSR count). The quantitative estimate of drug-likeness (QED) is 0.727. The molecule has 0 spiro atoms. The minimum Gasteiger partial charge on any atom is -0.496 e. The van der Waals surface area contributed by atoms with Crippen molar-refractivity contribution in [3.63, 3.8) is 0 Å². The number of aromatic amines is 1. The van der Waals surface area contributed by atoms with E-state index in [1.54, 1.807) is 12.3 Å². The molecule has 0 aliphatic carbocycles. The molecule has 24 heavy (non-hydrogen) atoms. The molecule has 3 aromatic rings. The van der Waals surface area contributed by atoms with E-state index in [2.05, 4.69) is 15.2 Å².